The summed E-state index contributed by atoms with van der Waals surface area (Å²) in [6.07, 6.45) is 15.1. The van der Waals surface area contributed by atoms with Gasteiger partial charge >= 0.3 is 0 Å². The maximum atomic E-state index is 4.61. The van der Waals surface area contributed by atoms with Crippen LogP contribution in [0.3, 0.4) is 0 Å². The van der Waals surface area contributed by atoms with Crippen molar-refractivity contribution in [3.8, 4) is 0 Å². The first-order chi connectivity index (χ1) is 13.8. The summed E-state index contributed by atoms with van der Waals surface area (Å²) < 4.78 is 2.32. The van der Waals surface area contributed by atoms with Crippen molar-refractivity contribution in [1.29, 1.82) is 0 Å². The highest BCUT2D eigenvalue weighted by atomic mass is 15.0. The Morgan fingerprint density at radius 2 is 1.38 bits per heavy atom. The number of fused-ring (bicyclic) bond motifs is 1. The van der Waals surface area contributed by atoms with Gasteiger partial charge in [-0.15, -0.1) is 0 Å². The minimum atomic E-state index is 0.506. The molecule has 0 unspecified atom stereocenters. The van der Waals surface area contributed by atoms with Crippen LogP contribution in [-0.4, -0.2) is 9.55 Å². The van der Waals surface area contributed by atoms with E-state index in [9.17, 15) is 0 Å². The first-order valence-corrected chi connectivity index (χ1v) is 12.2. The number of unbranched alkanes of at least 4 members (excludes halogenated alkanes) is 6. The van der Waals surface area contributed by atoms with E-state index in [4.69, 9.17) is 0 Å². The van der Waals surface area contributed by atoms with Crippen molar-refractivity contribution in [1.82, 2.24) is 9.55 Å². The lowest BCUT2D eigenvalue weighted by Gasteiger charge is -2.45. The lowest BCUT2D eigenvalue weighted by atomic mass is 9.60. The quantitative estimate of drug-likeness (QED) is 0.310. The fraction of sp³-hybridized carbons (Fsp3) is 0.741. The summed E-state index contributed by atoms with van der Waals surface area (Å²) in [5.74, 6) is 2.31. The van der Waals surface area contributed by atoms with Crippen molar-refractivity contribution in [3.63, 3.8) is 0 Å². The molecular weight excluding hydrogens is 352 g/mol. The van der Waals surface area contributed by atoms with Crippen molar-refractivity contribution < 1.29 is 0 Å². The van der Waals surface area contributed by atoms with Crippen molar-refractivity contribution in [2.45, 2.75) is 106 Å². The molecule has 0 bridgehead atoms. The van der Waals surface area contributed by atoms with E-state index in [0.29, 0.717) is 5.41 Å². The predicted octanol–water partition coefficient (Wildman–Crippen LogP) is 8.42. The highest BCUT2D eigenvalue weighted by molar-refractivity contribution is 5.76. The standard InChI is InChI=1S/C27H46N2/c1-21(2)27(22(3)4,23(5)6)16-13-11-9-8-10-12-14-17-29-18-15-25-19-24(7)20-28-26(25)29/h15,18-23H,8-14,16-17H2,1-7H3. The third-order valence-corrected chi connectivity index (χ3v) is 7.47. The van der Waals surface area contributed by atoms with Gasteiger partial charge in [-0.05, 0) is 60.6 Å². The molecule has 0 aliphatic rings. The van der Waals surface area contributed by atoms with Crippen LogP contribution >= 0.6 is 0 Å². The number of rotatable bonds is 13. The van der Waals surface area contributed by atoms with Gasteiger partial charge < -0.3 is 4.57 Å². The Labute approximate surface area is 180 Å². The monoisotopic (exact) mass is 398 g/mol. The van der Waals surface area contributed by atoms with E-state index >= 15 is 0 Å². The van der Waals surface area contributed by atoms with Crippen LogP contribution < -0.4 is 0 Å². The van der Waals surface area contributed by atoms with Crippen LogP contribution in [0.5, 0.6) is 0 Å². The minimum Gasteiger partial charge on any atom is -0.333 e. The Balaban J connectivity index is 1.62. The SMILES string of the molecule is Cc1cnc2c(ccn2CCCCCCCCCC(C(C)C)(C(C)C)C(C)C)c1. The highest BCUT2D eigenvalue weighted by Gasteiger charge is 2.39. The average molecular weight is 399 g/mol. The van der Waals surface area contributed by atoms with Gasteiger partial charge in [0.1, 0.15) is 5.65 Å². The van der Waals surface area contributed by atoms with Gasteiger partial charge in [-0.25, -0.2) is 4.98 Å². The molecule has 0 spiro atoms. The third kappa shape index (κ3) is 6.09. The topological polar surface area (TPSA) is 17.8 Å². The van der Waals surface area contributed by atoms with E-state index < -0.39 is 0 Å². The van der Waals surface area contributed by atoms with Gasteiger partial charge in [0.2, 0.25) is 0 Å². The van der Waals surface area contributed by atoms with E-state index in [1.807, 2.05) is 6.20 Å². The van der Waals surface area contributed by atoms with E-state index in [1.54, 1.807) is 0 Å². The molecule has 2 aromatic rings. The predicted molar refractivity (Wildman–Crippen MR) is 128 cm³/mol. The first kappa shape index (κ1) is 24.0. The van der Waals surface area contributed by atoms with E-state index in [-0.39, 0.29) is 0 Å². The van der Waals surface area contributed by atoms with E-state index in [1.165, 1.54) is 62.3 Å². The molecule has 0 aliphatic heterocycles. The van der Waals surface area contributed by atoms with Gasteiger partial charge in [-0.1, -0.05) is 80.1 Å². The Morgan fingerprint density at radius 1 is 0.828 bits per heavy atom. The molecule has 0 aromatic carbocycles. The molecule has 0 saturated heterocycles. The maximum absolute atomic E-state index is 4.61. The number of hydrogen-bond acceptors (Lipinski definition) is 1. The fourth-order valence-electron chi connectivity index (χ4n) is 5.83. The van der Waals surface area contributed by atoms with Crippen molar-refractivity contribution in [2.24, 2.45) is 23.2 Å². The normalized spacial score (nSPS) is 12.8. The summed E-state index contributed by atoms with van der Waals surface area (Å²) in [5, 5.41) is 1.27. The molecule has 0 radical (unpaired) electrons. The summed E-state index contributed by atoms with van der Waals surface area (Å²) in [6.45, 7) is 17.8. The third-order valence-electron chi connectivity index (χ3n) is 7.47. The second-order valence-electron chi connectivity index (χ2n) is 10.2. The summed E-state index contributed by atoms with van der Waals surface area (Å²) in [5.41, 5.74) is 2.88. The van der Waals surface area contributed by atoms with Crippen molar-refractivity contribution >= 4 is 11.0 Å². The van der Waals surface area contributed by atoms with Crippen LogP contribution in [0.25, 0.3) is 11.0 Å². The van der Waals surface area contributed by atoms with Crippen LogP contribution in [0.2, 0.25) is 0 Å². The van der Waals surface area contributed by atoms with E-state index in [0.717, 1.165) is 29.9 Å². The number of pyridine rings is 1. The molecule has 0 amide bonds. The smallest absolute Gasteiger partial charge is 0.139 e. The highest BCUT2D eigenvalue weighted by Crippen LogP contribution is 2.47. The van der Waals surface area contributed by atoms with Crippen LogP contribution in [0.4, 0.5) is 0 Å². The number of nitrogens with zero attached hydrogens (tertiary/aromatic N) is 2. The molecule has 2 rings (SSSR count). The molecule has 0 fully saturated rings. The Morgan fingerprint density at radius 3 is 1.97 bits per heavy atom. The summed E-state index contributed by atoms with van der Waals surface area (Å²) in [7, 11) is 0. The zero-order valence-electron chi connectivity index (χ0n) is 20.3. The molecule has 0 N–H and O–H groups in total. The molecule has 0 aliphatic carbocycles. The Bertz CT molecular complexity index is 701. The van der Waals surface area contributed by atoms with Gasteiger partial charge in [0.15, 0.2) is 0 Å². The fourth-order valence-corrected chi connectivity index (χ4v) is 5.83. The minimum absolute atomic E-state index is 0.506. The number of aromatic nitrogens is 2. The molecule has 0 atom stereocenters. The Kier molecular flexibility index (Phi) is 9.24. The molecule has 2 heteroatoms. The zero-order chi connectivity index (χ0) is 21.4. The van der Waals surface area contributed by atoms with Gasteiger partial charge in [0.25, 0.3) is 0 Å². The number of hydrogen-bond donors (Lipinski definition) is 0. The van der Waals surface area contributed by atoms with Crippen LogP contribution in [0.15, 0.2) is 24.5 Å². The molecule has 164 valence electrons. The van der Waals surface area contributed by atoms with Crippen LogP contribution in [-0.2, 0) is 6.54 Å². The van der Waals surface area contributed by atoms with Gasteiger partial charge in [0.05, 0.1) is 0 Å². The average Bonchev–Trinajstić information content (AvgIpc) is 3.04. The molecule has 2 heterocycles. The van der Waals surface area contributed by atoms with Crippen molar-refractivity contribution in [3.05, 3.63) is 30.1 Å². The van der Waals surface area contributed by atoms with Crippen LogP contribution in [0, 0.1) is 30.1 Å². The molecule has 0 saturated carbocycles. The summed E-state index contributed by atoms with van der Waals surface area (Å²) in [6, 6.07) is 4.42. The lowest BCUT2D eigenvalue weighted by molar-refractivity contribution is 0.0356. The maximum Gasteiger partial charge on any atom is 0.139 e. The second kappa shape index (κ2) is 11.2. The summed E-state index contributed by atoms with van der Waals surface area (Å²) in [4.78, 5) is 4.61. The van der Waals surface area contributed by atoms with Gasteiger partial charge in [-0.3, -0.25) is 0 Å². The Hall–Kier alpha value is -1.31. The molecule has 29 heavy (non-hydrogen) atoms. The van der Waals surface area contributed by atoms with Gasteiger partial charge in [0, 0.05) is 24.3 Å². The largest absolute Gasteiger partial charge is 0.333 e. The molecular formula is C27H46N2. The molecule has 2 aromatic heterocycles. The summed E-state index contributed by atoms with van der Waals surface area (Å²) >= 11 is 0. The first-order valence-electron chi connectivity index (χ1n) is 12.2. The second-order valence-corrected chi connectivity index (χ2v) is 10.2. The number of aryl methyl sites for hydroxylation is 2. The lowest BCUT2D eigenvalue weighted by Crippen LogP contribution is -2.38. The zero-order valence-corrected chi connectivity index (χ0v) is 20.3. The van der Waals surface area contributed by atoms with Crippen molar-refractivity contribution in [2.75, 3.05) is 0 Å². The molecule has 2 nitrogen and oxygen atoms in total. The van der Waals surface area contributed by atoms with Gasteiger partial charge in [-0.2, -0.15) is 0 Å². The van der Waals surface area contributed by atoms with Crippen LogP contribution in [0.1, 0.15) is 98.5 Å². The van der Waals surface area contributed by atoms with E-state index in [2.05, 4.69) is 76.3 Å².